The van der Waals surface area contributed by atoms with Gasteiger partial charge in [-0.3, -0.25) is 0 Å². The Morgan fingerprint density at radius 2 is 2.00 bits per heavy atom. The molecular weight excluding hydrogens is 337 g/mol. The van der Waals surface area contributed by atoms with Gasteiger partial charge in [0.25, 0.3) is 0 Å². The summed E-state index contributed by atoms with van der Waals surface area (Å²) in [6.45, 7) is 0.869. The quantitative estimate of drug-likeness (QED) is 0.911. The highest BCUT2D eigenvalue weighted by atomic mass is 35.5. The second-order valence-electron chi connectivity index (χ2n) is 4.54. The predicted molar refractivity (Wildman–Crippen MR) is 75.6 cm³/mol. The van der Waals surface area contributed by atoms with Crippen LogP contribution in [-0.4, -0.2) is 33.3 Å². The first kappa shape index (κ1) is 17.0. The van der Waals surface area contributed by atoms with Gasteiger partial charge in [-0.1, -0.05) is 11.6 Å². The Morgan fingerprint density at radius 1 is 1.30 bits per heavy atom. The summed E-state index contributed by atoms with van der Waals surface area (Å²) >= 11 is 5.92. The van der Waals surface area contributed by atoms with Crippen molar-refractivity contribution in [3.63, 3.8) is 0 Å². The van der Waals surface area contributed by atoms with Crippen molar-refractivity contribution in [2.24, 2.45) is 0 Å². The second kappa shape index (κ2) is 6.41. The Kier molecular flexibility index (Phi) is 4.74. The van der Waals surface area contributed by atoms with Gasteiger partial charge in [0.2, 0.25) is 0 Å². The minimum absolute atomic E-state index is 0.0471. The fourth-order valence-corrected chi connectivity index (χ4v) is 1.87. The van der Waals surface area contributed by atoms with Gasteiger partial charge in [-0.2, -0.15) is 13.2 Å². The van der Waals surface area contributed by atoms with Gasteiger partial charge in [0.05, 0.1) is 10.7 Å². The van der Waals surface area contributed by atoms with E-state index in [-0.39, 0.29) is 22.2 Å². The van der Waals surface area contributed by atoms with Crippen LogP contribution in [0.5, 0.6) is 5.75 Å². The van der Waals surface area contributed by atoms with Gasteiger partial charge in [0.1, 0.15) is 12.1 Å². The van der Waals surface area contributed by atoms with E-state index in [1.54, 1.807) is 0 Å². The maximum atomic E-state index is 12.5. The minimum atomic E-state index is -4.51. The van der Waals surface area contributed by atoms with Gasteiger partial charge < -0.3 is 9.84 Å². The van der Waals surface area contributed by atoms with Crippen LogP contribution in [-0.2, 0) is 0 Å². The van der Waals surface area contributed by atoms with Crippen LogP contribution in [0.4, 0.5) is 13.2 Å². The number of hydrogen-bond donors (Lipinski definition) is 1. The van der Waals surface area contributed by atoms with Gasteiger partial charge in [-0.15, -0.1) is 0 Å². The zero-order chi connectivity index (χ0) is 17.2. The molecule has 1 heterocycles. The van der Waals surface area contributed by atoms with Crippen molar-refractivity contribution in [1.82, 2.24) is 9.97 Å². The number of aromatic nitrogens is 2. The van der Waals surface area contributed by atoms with E-state index < -0.39 is 18.2 Å². The second-order valence-corrected chi connectivity index (χ2v) is 4.95. The molecule has 0 aliphatic heterocycles. The fraction of sp³-hybridized carbons (Fsp3) is 0.214. The number of rotatable bonds is 4. The van der Waals surface area contributed by atoms with E-state index in [1.165, 1.54) is 24.3 Å². The number of alkyl halides is 3. The average molecular weight is 347 g/mol. The fourth-order valence-electron chi connectivity index (χ4n) is 1.65. The molecular formula is C14H10ClF3N2O3. The molecule has 1 unspecified atom stereocenters. The first-order valence-corrected chi connectivity index (χ1v) is 6.65. The van der Waals surface area contributed by atoms with Crippen molar-refractivity contribution in [2.75, 3.05) is 0 Å². The van der Waals surface area contributed by atoms with E-state index in [2.05, 4.69) is 9.97 Å². The lowest BCUT2D eigenvalue weighted by Crippen LogP contribution is -2.31. The molecule has 1 aromatic carbocycles. The molecule has 1 aromatic heterocycles. The van der Waals surface area contributed by atoms with Crippen LogP contribution >= 0.6 is 11.6 Å². The Morgan fingerprint density at radius 3 is 2.57 bits per heavy atom. The van der Waals surface area contributed by atoms with Gasteiger partial charge in [0, 0.05) is 5.56 Å². The van der Waals surface area contributed by atoms with Crippen molar-refractivity contribution in [2.45, 2.75) is 19.2 Å². The number of carboxylic acid groups (broad SMARTS) is 1. The van der Waals surface area contributed by atoms with Crippen LogP contribution in [0.25, 0.3) is 11.3 Å². The number of halogens is 4. The molecule has 0 aliphatic carbocycles. The maximum absolute atomic E-state index is 12.5. The van der Waals surface area contributed by atoms with Crippen molar-refractivity contribution in [1.29, 1.82) is 0 Å². The Hall–Kier alpha value is -2.35. The topological polar surface area (TPSA) is 72.3 Å². The Labute approximate surface area is 133 Å². The van der Waals surface area contributed by atoms with Crippen LogP contribution < -0.4 is 4.74 Å². The first-order chi connectivity index (χ1) is 10.7. The van der Waals surface area contributed by atoms with Crippen molar-refractivity contribution in [3.05, 3.63) is 41.3 Å². The molecule has 9 heteroatoms. The standard InChI is InChI=1S/C14H10ClF3N2O3/c1-7(14(16,17)18)23-12-3-2-8(4-9(12)15)10-5-11(13(21)22)20-6-19-10/h2-7H,1H3,(H,21,22). The van der Waals surface area contributed by atoms with Crippen LogP contribution in [0.2, 0.25) is 5.02 Å². The predicted octanol–water partition coefficient (Wildman–Crippen LogP) is 3.82. The summed E-state index contributed by atoms with van der Waals surface area (Å²) in [7, 11) is 0. The number of benzene rings is 1. The molecule has 0 fully saturated rings. The number of ether oxygens (including phenoxy) is 1. The van der Waals surface area contributed by atoms with E-state index in [0.29, 0.717) is 5.56 Å². The largest absolute Gasteiger partial charge is 0.480 e. The number of aromatic carboxylic acids is 1. The molecule has 5 nitrogen and oxygen atoms in total. The lowest BCUT2D eigenvalue weighted by atomic mass is 10.1. The molecule has 0 aliphatic rings. The molecule has 1 atom stereocenters. The van der Waals surface area contributed by atoms with E-state index in [9.17, 15) is 18.0 Å². The molecule has 2 rings (SSSR count). The molecule has 122 valence electrons. The number of hydrogen-bond acceptors (Lipinski definition) is 4. The van der Waals surface area contributed by atoms with Gasteiger partial charge in [-0.05, 0) is 31.2 Å². The SMILES string of the molecule is CC(Oc1ccc(-c2cc(C(=O)O)ncn2)cc1Cl)C(F)(F)F. The summed E-state index contributed by atoms with van der Waals surface area (Å²) in [5, 5.41) is 8.84. The summed E-state index contributed by atoms with van der Waals surface area (Å²) in [6, 6.07) is 5.27. The Bertz CT molecular complexity index is 737. The highest BCUT2D eigenvalue weighted by Crippen LogP contribution is 2.33. The number of nitrogens with zero attached hydrogens (tertiary/aromatic N) is 2. The summed E-state index contributed by atoms with van der Waals surface area (Å²) < 4.78 is 42.2. The van der Waals surface area contributed by atoms with Gasteiger partial charge >= 0.3 is 12.1 Å². The Balaban J connectivity index is 2.29. The molecule has 1 N–H and O–H groups in total. The summed E-state index contributed by atoms with van der Waals surface area (Å²) in [5.74, 6) is -1.36. The van der Waals surface area contributed by atoms with Crippen LogP contribution in [0.1, 0.15) is 17.4 Å². The van der Waals surface area contributed by atoms with Gasteiger partial charge in [0.15, 0.2) is 11.8 Å². The lowest BCUT2D eigenvalue weighted by Gasteiger charge is -2.18. The van der Waals surface area contributed by atoms with Gasteiger partial charge in [-0.25, -0.2) is 14.8 Å². The van der Waals surface area contributed by atoms with E-state index in [4.69, 9.17) is 21.4 Å². The highest BCUT2D eigenvalue weighted by Gasteiger charge is 2.38. The highest BCUT2D eigenvalue weighted by molar-refractivity contribution is 6.32. The minimum Gasteiger partial charge on any atom is -0.480 e. The molecule has 23 heavy (non-hydrogen) atoms. The third kappa shape index (κ3) is 4.10. The van der Waals surface area contributed by atoms with E-state index >= 15 is 0 Å². The lowest BCUT2D eigenvalue weighted by molar-refractivity contribution is -0.189. The maximum Gasteiger partial charge on any atom is 0.425 e. The zero-order valence-corrected chi connectivity index (χ0v) is 12.4. The molecule has 0 saturated heterocycles. The van der Waals surface area contributed by atoms with Crippen LogP contribution in [0.3, 0.4) is 0 Å². The van der Waals surface area contributed by atoms with Crippen molar-refractivity contribution < 1.29 is 27.8 Å². The molecule has 0 amide bonds. The normalized spacial score (nSPS) is 12.7. The first-order valence-electron chi connectivity index (χ1n) is 6.27. The monoisotopic (exact) mass is 346 g/mol. The smallest absolute Gasteiger partial charge is 0.425 e. The van der Waals surface area contributed by atoms with E-state index in [1.807, 2.05) is 0 Å². The van der Waals surface area contributed by atoms with Crippen molar-refractivity contribution in [3.8, 4) is 17.0 Å². The van der Waals surface area contributed by atoms with Crippen molar-refractivity contribution >= 4 is 17.6 Å². The summed E-state index contributed by atoms with van der Waals surface area (Å²) in [6.07, 6.45) is -5.45. The molecule has 0 bridgehead atoms. The molecule has 2 aromatic rings. The van der Waals surface area contributed by atoms with E-state index in [0.717, 1.165) is 13.3 Å². The zero-order valence-electron chi connectivity index (χ0n) is 11.6. The number of carbonyl (C=O) groups is 1. The summed E-state index contributed by atoms with van der Waals surface area (Å²) in [4.78, 5) is 18.4. The molecule has 0 spiro atoms. The van der Waals surface area contributed by atoms with Crippen LogP contribution in [0.15, 0.2) is 30.6 Å². The third-order valence-corrected chi connectivity index (χ3v) is 3.17. The average Bonchev–Trinajstić information content (AvgIpc) is 2.48. The third-order valence-electron chi connectivity index (χ3n) is 2.88. The molecule has 0 radical (unpaired) electrons. The van der Waals surface area contributed by atoms with Crippen LogP contribution in [0, 0.1) is 0 Å². The molecule has 0 saturated carbocycles. The number of carboxylic acids is 1. The summed E-state index contributed by atoms with van der Waals surface area (Å²) in [5.41, 5.74) is 0.485.